The maximum Gasteiger partial charge on any atom is 0.390 e. The molecule has 0 aromatic rings. The molecule has 0 aromatic heterocycles. The highest BCUT2D eigenvalue weighted by atomic mass is 35.5. The summed E-state index contributed by atoms with van der Waals surface area (Å²) in [6.45, 7) is 3.44. The van der Waals surface area contributed by atoms with E-state index in [-0.39, 0.29) is 11.9 Å². The van der Waals surface area contributed by atoms with Crippen LogP contribution in [0.3, 0.4) is 0 Å². The average molecular weight is 230 g/mol. The predicted octanol–water partition coefficient (Wildman–Crippen LogP) is 2.89. The Balaban J connectivity index is 2.27. The summed E-state index contributed by atoms with van der Waals surface area (Å²) in [5.41, 5.74) is 0. The predicted molar refractivity (Wildman–Crippen MR) is 50.5 cm³/mol. The van der Waals surface area contributed by atoms with E-state index in [2.05, 4.69) is 0 Å². The molecule has 1 aliphatic rings. The first-order chi connectivity index (χ1) is 6.38. The van der Waals surface area contributed by atoms with Crippen LogP contribution in [0.4, 0.5) is 13.2 Å². The molecule has 1 aliphatic heterocycles. The Morgan fingerprint density at radius 1 is 1.43 bits per heavy atom. The lowest BCUT2D eigenvalue weighted by Gasteiger charge is -2.34. The summed E-state index contributed by atoms with van der Waals surface area (Å²) in [6, 6.07) is 0. The van der Waals surface area contributed by atoms with E-state index >= 15 is 0 Å². The Morgan fingerprint density at radius 2 is 2.07 bits per heavy atom. The van der Waals surface area contributed by atoms with Crippen molar-refractivity contribution in [3.8, 4) is 0 Å². The molecule has 0 spiro atoms. The van der Waals surface area contributed by atoms with Crippen LogP contribution in [0.1, 0.15) is 19.8 Å². The van der Waals surface area contributed by atoms with Crippen LogP contribution in [-0.4, -0.2) is 36.1 Å². The lowest BCUT2D eigenvalue weighted by Crippen LogP contribution is -2.41. The van der Waals surface area contributed by atoms with Gasteiger partial charge in [-0.3, -0.25) is 0 Å². The van der Waals surface area contributed by atoms with Gasteiger partial charge in [0.05, 0.1) is 6.42 Å². The third-order valence-corrected chi connectivity index (χ3v) is 3.23. The van der Waals surface area contributed by atoms with Gasteiger partial charge in [-0.2, -0.15) is 13.2 Å². The first-order valence-corrected chi connectivity index (χ1v) is 5.25. The second-order valence-electron chi connectivity index (χ2n) is 3.95. The van der Waals surface area contributed by atoms with Crippen molar-refractivity contribution in [1.82, 2.24) is 4.90 Å². The number of hydrogen-bond acceptors (Lipinski definition) is 1. The Bertz CT molecular complexity index is 183. The van der Waals surface area contributed by atoms with E-state index in [1.807, 2.05) is 6.92 Å². The quantitative estimate of drug-likeness (QED) is 0.659. The van der Waals surface area contributed by atoms with Crippen molar-refractivity contribution in [2.75, 3.05) is 19.6 Å². The largest absolute Gasteiger partial charge is 0.390 e. The third kappa shape index (κ3) is 4.05. The van der Waals surface area contributed by atoms with Crippen LogP contribution in [0.5, 0.6) is 0 Å². The minimum Gasteiger partial charge on any atom is -0.302 e. The zero-order chi connectivity index (χ0) is 10.8. The zero-order valence-corrected chi connectivity index (χ0v) is 8.91. The molecule has 0 aromatic carbocycles. The normalized spacial score (nSPS) is 30.6. The molecule has 1 rings (SSSR count). The molecule has 0 saturated carbocycles. The molecule has 0 bridgehead atoms. The van der Waals surface area contributed by atoms with Gasteiger partial charge in [-0.25, -0.2) is 0 Å². The molecule has 0 amide bonds. The molecule has 1 heterocycles. The highest BCUT2D eigenvalue weighted by molar-refractivity contribution is 6.21. The lowest BCUT2D eigenvalue weighted by atomic mass is 9.98. The summed E-state index contributed by atoms with van der Waals surface area (Å²) in [4.78, 5) is 1.80. The van der Waals surface area contributed by atoms with Gasteiger partial charge in [-0.15, -0.1) is 11.6 Å². The number of hydrogen-bond donors (Lipinski definition) is 0. The van der Waals surface area contributed by atoms with E-state index in [4.69, 9.17) is 11.6 Å². The van der Waals surface area contributed by atoms with Crippen molar-refractivity contribution in [1.29, 1.82) is 0 Å². The number of nitrogens with zero attached hydrogens (tertiary/aromatic N) is 1. The van der Waals surface area contributed by atoms with Crippen molar-refractivity contribution in [3.05, 3.63) is 0 Å². The van der Waals surface area contributed by atoms with Gasteiger partial charge in [0.15, 0.2) is 0 Å². The standard InChI is InChI=1S/C9H15ClF3N/c1-7-2-4-14(6-8(7)10)5-3-9(11,12)13/h7-8H,2-6H2,1H3. The molecular formula is C9H15ClF3N. The van der Waals surface area contributed by atoms with Gasteiger partial charge in [0, 0.05) is 18.5 Å². The number of likely N-dealkylation sites (tertiary alicyclic amines) is 1. The van der Waals surface area contributed by atoms with Crippen molar-refractivity contribution >= 4 is 11.6 Å². The van der Waals surface area contributed by atoms with E-state index in [0.29, 0.717) is 12.5 Å². The van der Waals surface area contributed by atoms with Gasteiger partial charge < -0.3 is 4.90 Å². The Kier molecular flexibility index (Phi) is 4.07. The minimum atomic E-state index is -4.05. The van der Waals surface area contributed by atoms with Crippen LogP contribution in [0.15, 0.2) is 0 Å². The Morgan fingerprint density at radius 3 is 2.57 bits per heavy atom. The van der Waals surface area contributed by atoms with Crippen molar-refractivity contribution in [3.63, 3.8) is 0 Å². The van der Waals surface area contributed by atoms with Crippen LogP contribution < -0.4 is 0 Å². The molecule has 0 N–H and O–H groups in total. The summed E-state index contributed by atoms with van der Waals surface area (Å²) in [5, 5.41) is -0.00279. The topological polar surface area (TPSA) is 3.24 Å². The maximum absolute atomic E-state index is 11.9. The van der Waals surface area contributed by atoms with Crippen molar-refractivity contribution < 1.29 is 13.2 Å². The zero-order valence-electron chi connectivity index (χ0n) is 8.15. The summed E-state index contributed by atoms with van der Waals surface area (Å²) in [5.74, 6) is 0.416. The fourth-order valence-corrected chi connectivity index (χ4v) is 1.89. The van der Waals surface area contributed by atoms with Crippen molar-refractivity contribution in [2.24, 2.45) is 5.92 Å². The van der Waals surface area contributed by atoms with Crippen LogP contribution >= 0.6 is 11.6 Å². The Hall–Kier alpha value is 0.0400. The second-order valence-corrected chi connectivity index (χ2v) is 4.51. The molecule has 1 nitrogen and oxygen atoms in total. The second kappa shape index (κ2) is 4.71. The molecule has 5 heteroatoms. The fraction of sp³-hybridized carbons (Fsp3) is 1.00. The van der Waals surface area contributed by atoms with Gasteiger partial charge in [-0.05, 0) is 18.9 Å². The summed E-state index contributed by atoms with van der Waals surface area (Å²) in [7, 11) is 0. The van der Waals surface area contributed by atoms with Gasteiger partial charge in [0.25, 0.3) is 0 Å². The molecule has 1 saturated heterocycles. The van der Waals surface area contributed by atoms with E-state index in [0.717, 1.165) is 13.0 Å². The van der Waals surface area contributed by atoms with Crippen LogP contribution in [0.2, 0.25) is 0 Å². The van der Waals surface area contributed by atoms with E-state index in [9.17, 15) is 13.2 Å². The molecule has 2 unspecified atom stereocenters. The number of alkyl halides is 4. The number of rotatable bonds is 2. The number of halogens is 4. The summed E-state index contributed by atoms with van der Waals surface area (Å²) < 4.78 is 35.8. The van der Waals surface area contributed by atoms with Crippen LogP contribution in [0.25, 0.3) is 0 Å². The van der Waals surface area contributed by atoms with Crippen molar-refractivity contribution in [2.45, 2.75) is 31.3 Å². The third-order valence-electron chi connectivity index (χ3n) is 2.66. The lowest BCUT2D eigenvalue weighted by molar-refractivity contribution is -0.138. The fourth-order valence-electron chi connectivity index (χ4n) is 1.57. The summed E-state index contributed by atoms with van der Waals surface area (Å²) in [6.07, 6.45) is -3.89. The smallest absolute Gasteiger partial charge is 0.302 e. The molecule has 2 atom stereocenters. The van der Waals surface area contributed by atoms with E-state index in [1.54, 1.807) is 4.90 Å². The first kappa shape index (κ1) is 12.1. The molecular weight excluding hydrogens is 215 g/mol. The highest BCUT2D eigenvalue weighted by Gasteiger charge is 2.30. The Labute approximate surface area is 87.2 Å². The monoisotopic (exact) mass is 229 g/mol. The number of piperidine rings is 1. The highest BCUT2D eigenvalue weighted by Crippen LogP contribution is 2.24. The molecule has 0 radical (unpaired) electrons. The first-order valence-electron chi connectivity index (χ1n) is 4.81. The van der Waals surface area contributed by atoms with E-state index in [1.165, 1.54) is 0 Å². The average Bonchev–Trinajstić information content (AvgIpc) is 2.06. The van der Waals surface area contributed by atoms with Gasteiger partial charge in [0.1, 0.15) is 0 Å². The molecule has 1 fully saturated rings. The van der Waals surface area contributed by atoms with Crippen LogP contribution in [-0.2, 0) is 0 Å². The van der Waals surface area contributed by atoms with Crippen LogP contribution in [0, 0.1) is 5.92 Å². The SMILES string of the molecule is CC1CCN(CCC(F)(F)F)CC1Cl. The minimum absolute atomic E-state index is 0.00279. The molecule has 0 aliphatic carbocycles. The molecule has 84 valence electrons. The van der Waals surface area contributed by atoms with Gasteiger partial charge in [0.2, 0.25) is 0 Å². The maximum atomic E-state index is 11.9. The summed E-state index contributed by atoms with van der Waals surface area (Å²) >= 11 is 5.99. The van der Waals surface area contributed by atoms with Gasteiger partial charge >= 0.3 is 6.18 Å². The molecule has 14 heavy (non-hydrogen) atoms. The van der Waals surface area contributed by atoms with Gasteiger partial charge in [-0.1, -0.05) is 6.92 Å². The van der Waals surface area contributed by atoms with E-state index < -0.39 is 12.6 Å².